The average molecular weight is 431 g/mol. The Balaban J connectivity index is 0.00000320. The van der Waals surface area contributed by atoms with E-state index >= 15 is 0 Å². The molecule has 1 aromatic heterocycles. The number of carbonyl (C=O) groups is 2. The summed E-state index contributed by atoms with van der Waals surface area (Å²) in [5.74, 6) is 0.0153. The number of amides is 2. The van der Waals surface area contributed by atoms with Crippen molar-refractivity contribution in [3.05, 3.63) is 66.0 Å². The minimum absolute atomic E-state index is 0. The summed E-state index contributed by atoms with van der Waals surface area (Å²) in [5, 5.41) is 6.29. The molecule has 1 saturated heterocycles. The van der Waals surface area contributed by atoms with Crippen molar-refractivity contribution in [1.82, 2.24) is 20.5 Å². The van der Waals surface area contributed by atoms with Gasteiger partial charge in [0.05, 0.1) is 18.7 Å². The number of rotatable bonds is 8. The highest BCUT2D eigenvalue weighted by Gasteiger charge is 2.25. The van der Waals surface area contributed by atoms with Gasteiger partial charge in [0.15, 0.2) is 0 Å². The minimum Gasteiger partial charge on any atom is -0.355 e. The quantitative estimate of drug-likeness (QED) is 0.675. The predicted octanol–water partition coefficient (Wildman–Crippen LogP) is 2.72. The molecule has 30 heavy (non-hydrogen) atoms. The topological polar surface area (TPSA) is 74.3 Å². The molecule has 2 N–H and O–H groups in total. The molecule has 6 nitrogen and oxygen atoms in total. The summed E-state index contributed by atoms with van der Waals surface area (Å²) in [6, 6.07) is 15.6. The first-order valence-corrected chi connectivity index (χ1v) is 10.4. The van der Waals surface area contributed by atoms with Gasteiger partial charge in [0.2, 0.25) is 11.8 Å². The zero-order valence-corrected chi connectivity index (χ0v) is 18.1. The molecular formula is C23H31ClN4O2. The predicted molar refractivity (Wildman–Crippen MR) is 120 cm³/mol. The molecule has 2 aromatic rings. The van der Waals surface area contributed by atoms with Gasteiger partial charge in [-0.25, -0.2) is 0 Å². The van der Waals surface area contributed by atoms with Crippen molar-refractivity contribution in [2.75, 3.05) is 19.6 Å². The van der Waals surface area contributed by atoms with Crippen molar-refractivity contribution in [1.29, 1.82) is 0 Å². The van der Waals surface area contributed by atoms with Gasteiger partial charge in [-0.1, -0.05) is 36.4 Å². The highest BCUT2D eigenvalue weighted by molar-refractivity contribution is 5.85. The molecule has 162 valence electrons. The van der Waals surface area contributed by atoms with Gasteiger partial charge in [-0.3, -0.25) is 14.6 Å². The van der Waals surface area contributed by atoms with E-state index < -0.39 is 0 Å². The fourth-order valence-electron chi connectivity index (χ4n) is 3.70. The number of pyridine rings is 1. The van der Waals surface area contributed by atoms with E-state index in [0.29, 0.717) is 25.9 Å². The number of nitrogens with one attached hydrogen (secondary N) is 2. The average Bonchev–Trinajstić information content (AvgIpc) is 3.03. The van der Waals surface area contributed by atoms with Gasteiger partial charge in [-0.05, 0) is 50.0 Å². The number of carbonyl (C=O) groups excluding carboxylic acids is 2. The number of aromatic nitrogens is 1. The second-order valence-corrected chi connectivity index (χ2v) is 7.44. The third kappa shape index (κ3) is 7.76. The Hall–Kier alpha value is -2.44. The van der Waals surface area contributed by atoms with Gasteiger partial charge >= 0.3 is 0 Å². The third-order valence-corrected chi connectivity index (χ3v) is 5.23. The maximum atomic E-state index is 13.0. The van der Waals surface area contributed by atoms with Gasteiger partial charge in [-0.2, -0.15) is 0 Å². The SMILES string of the molecule is Cl.O=C(Cc1ccccc1)NCCC(=O)N(Cc1ccccn1)C1CCCNCC1. The van der Waals surface area contributed by atoms with Crippen LogP contribution in [0.15, 0.2) is 54.7 Å². The van der Waals surface area contributed by atoms with Gasteiger partial charge in [-0.15, -0.1) is 12.4 Å². The molecule has 1 fully saturated rings. The Morgan fingerprint density at radius 3 is 2.63 bits per heavy atom. The van der Waals surface area contributed by atoms with E-state index in [9.17, 15) is 9.59 Å². The summed E-state index contributed by atoms with van der Waals surface area (Å²) in [6.07, 6.45) is 5.39. The Labute approximate surface area is 184 Å². The molecule has 1 unspecified atom stereocenters. The van der Waals surface area contributed by atoms with Gasteiger partial charge < -0.3 is 15.5 Å². The van der Waals surface area contributed by atoms with Crippen LogP contribution in [0.3, 0.4) is 0 Å². The van der Waals surface area contributed by atoms with E-state index in [1.54, 1.807) is 6.20 Å². The zero-order valence-electron chi connectivity index (χ0n) is 17.3. The lowest BCUT2D eigenvalue weighted by Crippen LogP contribution is -2.42. The molecule has 1 aromatic carbocycles. The highest BCUT2D eigenvalue weighted by Crippen LogP contribution is 2.17. The van der Waals surface area contributed by atoms with Gasteiger partial charge in [0.25, 0.3) is 0 Å². The molecule has 0 aliphatic carbocycles. The third-order valence-electron chi connectivity index (χ3n) is 5.23. The van der Waals surface area contributed by atoms with Crippen LogP contribution in [-0.2, 0) is 22.6 Å². The Morgan fingerprint density at radius 1 is 1.07 bits per heavy atom. The van der Waals surface area contributed by atoms with Gasteiger partial charge in [0.1, 0.15) is 0 Å². The lowest BCUT2D eigenvalue weighted by Gasteiger charge is -2.31. The van der Waals surface area contributed by atoms with E-state index in [1.165, 1.54) is 0 Å². The molecule has 1 atom stereocenters. The van der Waals surface area contributed by atoms with Crippen molar-refractivity contribution in [2.24, 2.45) is 0 Å². The fourth-order valence-corrected chi connectivity index (χ4v) is 3.70. The number of nitrogens with zero attached hydrogens (tertiary/aromatic N) is 2. The van der Waals surface area contributed by atoms with Crippen LogP contribution in [0.2, 0.25) is 0 Å². The second kappa shape index (κ2) is 13.0. The maximum absolute atomic E-state index is 13.0. The van der Waals surface area contributed by atoms with Crippen LogP contribution in [0.4, 0.5) is 0 Å². The van der Waals surface area contributed by atoms with Crippen molar-refractivity contribution in [3.8, 4) is 0 Å². The van der Waals surface area contributed by atoms with Crippen LogP contribution >= 0.6 is 12.4 Å². The first-order chi connectivity index (χ1) is 14.2. The fraction of sp³-hybridized carbons (Fsp3) is 0.435. The summed E-state index contributed by atoms with van der Waals surface area (Å²) in [6.45, 7) is 2.79. The molecule has 1 aliphatic heterocycles. The van der Waals surface area contributed by atoms with Crippen LogP contribution in [0.1, 0.15) is 36.9 Å². The Kier molecular flexibility index (Phi) is 10.3. The van der Waals surface area contributed by atoms with Crippen LogP contribution in [-0.4, -0.2) is 47.4 Å². The Morgan fingerprint density at radius 2 is 1.87 bits per heavy atom. The van der Waals surface area contributed by atoms with E-state index in [0.717, 1.165) is 43.6 Å². The van der Waals surface area contributed by atoms with Crippen molar-refractivity contribution in [3.63, 3.8) is 0 Å². The molecule has 2 heterocycles. The van der Waals surface area contributed by atoms with E-state index in [2.05, 4.69) is 15.6 Å². The minimum atomic E-state index is -0.0565. The standard InChI is InChI=1S/C23H30N4O2.ClH/c28-22(17-19-7-2-1-3-8-19)26-16-12-23(29)27(18-20-9-4-5-14-25-20)21-10-6-13-24-15-11-21;/h1-5,7-9,14,21,24H,6,10-13,15-18H2,(H,26,28);1H. The van der Waals surface area contributed by atoms with Crippen molar-refractivity contribution < 1.29 is 9.59 Å². The van der Waals surface area contributed by atoms with E-state index in [1.807, 2.05) is 53.4 Å². The molecular weight excluding hydrogens is 400 g/mol. The lowest BCUT2D eigenvalue weighted by molar-refractivity contribution is -0.134. The van der Waals surface area contributed by atoms with E-state index in [-0.39, 0.29) is 30.3 Å². The largest absolute Gasteiger partial charge is 0.355 e. The monoisotopic (exact) mass is 430 g/mol. The first-order valence-electron chi connectivity index (χ1n) is 10.4. The van der Waals surface area contributed by atoms with Crippen LogP contribution in [0.25, 0.3) is 0 Å². The smallest absolute Gasteiger partial charge is 0.224 e. The summed E-state index contributed by atoms with van der Waals surface area (Å²) >= 11 is 0. The number of halogens is 1. The normalized spacial score (nSPS) is 16.1. The Bertz CT molecular complexity index is 765. The van der Waals surface area contributed by atoms with Crippen molar-refractivity contribution in [2.45, 2.75) is 44.7 Å². The maximum Gasteiger partial charge on any atom is 0.224 e. The highest BCUT2D eigenvalue weighted by atomic mass is 35.5. The second-order valence-electron chi connectivity index (χ2n) is 7.44. The molecule has 3 rings (SSSR count). The summed E-state index contributed by atoms with van der Waals surface area (Å²) in [5.41, 5.74) is 1.87. The summed E-state index contributed by atoms with van der Waals surface area (Å²) < 4.78 is 0. The molecule has 0 spiro atoms. The van der Waals surface area contributed by atoms with Gasteiger partial charge in [0, 0.05) is 25.2 Å². The van der Waals surface area contributed by atoms with Crippen molar-refractivity contribution >= 4 is 24.2 Å². The molecule has 0 saturated carbocycles. The van der Waals surface area contributed by atoms with Crippen LogP contribution in [0, 0.1) is 0 Å². The summed E-state index contributed by atoms with van der Waals surface area (Å²) in [4.78, 5) is 31.5. The van der Waals surface area contributed by atoms with Crippen LogP contribution < -0.4 is 10.6 Å². The number of hydrogen-bond donors (Lipinski definition) is 2. The molecule has 7 heteroatoms. The first kappa shape index (κ1) is 23.8. The summed E-state index contributed by atoms with van der Waals surface area (Å²) in [7, 11) is 0. The molecule has 2 amide bonds. The number of benzene rings is 1. The van der Waals surface area contributed by atoms with Crippen LogP contribution in [0.5, 0.6) is 0 Å². The molecule has 0 radical (unpaired) electrons. The zero-order chi connectivity index (χ0) is 20.3. The molecule has 1 aliphatic rings. The lowest BCUT2D eigenvalue weighted by atomic mass is 10.1. The number of hydrogen-bond acceptors (Lipinski definition) is 4. The van der Waals surface area contributed by atoms with E-state index in [4.69, 9.17) is 0 Å². The molecule has 0 bridgehead atoms.